The van der Waals surface area contributed by atoms with Crippen LogP contribution < -0.4 is 10.6 Å². The van der Waals surface area contributed by atoms with Crippen LogP contribution in [0.2, 0.25) is 5.02 Å². The number of halogens is 1. The topological polar surface area (TPSA) is 24.1 Å². The maximum atomic E-state index is 6.18. The van der Waals surface area contributed by atoms with Gasteiger partial charge in [0.25, 0.3) is 0 Å². The first kappa shape index (κ1) is 13.2. The Balaban J connectivity index is 1.83. The monoisotopic (exact) mass is 298 g/mol. The second-order valence-electron chi connectivity index (χ2n) is 5.96. The van der Waals surface area contributed by atoms with Crippen LogP contribution in [-0.4, -0.2) is 19.1 Å². The summed E-state index contributed by atoms with van der Waals surface area (Å²) in [6.45, 7) is 2.21. The van der Waals surface area contributed by atoms with Gasteiger partial charge in [0.15, 0.2) is 0 Å². The van der Waals surface area contributed by atoms with Crippen LogP contribution in [0.15, 0.2) is 42.5 Å². The maximum Gasteiger partial charge on any atom is 0.0412 e. The Morgan fingerprint density at radius 2 is 1.86 bits per heavy atom. The highest BCUT2D eigenvalue weighted by Crippen LogP contribution is 2.45. The molecular formula is C18H19ClN2. The van der Waals surface area contributed by atoms with Gasteiger partial charge in [-0.15, -0.1) is 0 Å². The molecule has 2 aliphatic rings. The van der Waals surface area contributed by atoms with Crippen molar-refractivity contribution in [3.05, 3.63) is 53.1 Å². The highest BCUT2D eigenvalue weighted by molar-refractivity contribution is 6.30. The summed E-state index contributed by atoms with van der Waals surface area (Å²) >= 11 is 6.18. The van der Waals surface area contributed by atoms with Crippen molar-refractivity contribution in [2.24, 2.45) is 0 Å². The van der Waals surface area contributed by atoms with E-state index in [1.54, 1.807) is 0 Å². The smallest absolute Gasteiger partial charge is 0.0412 e. The van der Waals surface area contributed by atoms with Gasteiger partial charge in [0.05, 0.1) is 0 Å². The van der Waals surface area contributed by atoms with E-state index in [4.69, 9.17) is 11.6 Å². The van der Waals surface area contributed by atoms with Crippen LogP contribution in [-0.2, 0) is 0 Å². The summed E-state index contributed by atoms with van der Waals surface area (Å²) in [5, 5.41) is 8.04. The number of nitrogens with one attached hydrogen (secondary N) is 2. The first-order chi connectivity index (χ1) is 10.3. The van der Waals surface area contributed by atoms with E-state index in [-0.39, 0.29) is 0 Å². The molecule has 2 aromatic rings. The minimum absolute atomic E-state index is 0.565. The predicted molar refractivity (Wildman–Crippen MR) is 89.1 cm³/mol. The first-order valence-corrected chi connectivity index (χ1v) is 8.07. The lowest BCUT2D eigenvalue weighted by Gasteiger charge is -2.18. The molecular weight excluding hydrogens is 280 g/mol. The van der Waals surface area contributed by atoms with Crippen molar-refractivity contribution in [3.63, 3.8) is 0 Å². The van der Waals surface area contributed by atoms with Crippen LogP contribution in [0.5, 0.6) is 0 Å². The molecule has 2 atom stereocenters. The summed E-state index contributed by atoms with van der Waals surface area (Å²) in [5.74, 6) is 0.602. The van der Waals surface area contributed by atoms with Gasteiger partial charge in [0.1, 0.15) is 0 Å². The van der Waals surface area contributed by atoms with Crippen molar-refractivity contribution in [1.29, 1.82) is 0 Å². The summed E-state index contributed by atoms with van der Waals surface area (Å²) in [5.41, 5.74) is 5.34. The fraction of sp³-hybridized carbons (Fsp3) is 0.333. The quantitative estimate of drug-likeness (QED) is 0.821. The van der Waals surface area contributed by atoms with Crippen LogP contribution in [0.25, 0.3) is 11.1 Å². The van der Waals surface area contributed by atoms with Gasteiger partial charge in [0, 0.05) is 22.7 Å². The Bertz CT molecular complexity index is 668. The Kier molecular flexibility index (Phi) is 3.36. The molecule has 0 bridgehead atoms. The summed E-state index contributed by atoms with van der Waals surface area (Å²) in [4.78, 5) is 0. The lowest BCUT2D eigenvalue weighted by Crippen LogP contribution is -2.21. The Morgan fingerprint density at radius 1 is 1.00 bits per heavy atom. The molecule has 0 spiro atoms. The molecule has 0 radical (unpaired) electrons. The van der Waals surface area contributed by atoms with Gasteiger partial charge >= 0.3 is 0 Å². The maximum absolute atomic E-state index is 6.18. The van der Waals surface area contributed by atoms with Crippen molar-refractivity contribution in [2.45, 2.75) is 24.8 Å². The number of fused-ring (bicyclic) bond motifs is 3. The van der Waals surface area contributed by atoms with E-state index in [0.29, 0.717) is 12.0 Å². The van der Waals surface area contributed by atoms with Crippen molar-refractivity contribution in [3.8, 4) is 11.1 Å². The minimum atomic E-state index is 0.565. The largest absolute Gasteiger partial charge is 0.381 e. The summed E-state index contributed by atoms with van der Waals surface area (Å²) in [7, 11) is 0. The fourth-order valence-corrected chi connectivity index (χ4v) is 3.95. The van der Waals surface area contributed by atoms with E-state index in [1.165, 1.54) is 35.2 Å². The van der Waals surface area contributed by atoms with Gasteiger partial charge in [-0.25, -0.2) is 0 Å². The van der Waals surface area contributed by atoms with Crippen molar-refractivity contribution < 1.29 is 0 Å². The van der Waals surface area contributed by atoms with Crippen molar-refractivity contribution >= 4 is 17.3 Å². The number of hydrogen-bond donors (Lipinski definition) is 2. The van der Waals surface area contributed by atoms with Crippen LogP contribution in [0.4, 0.5) is 5.69 Å². The average Bonchev–Trinajstić information content (AvgIpc) is 2.69. The van der Waals surface area contributed by atoms with Gasteiger partial charge in [0.2, 0.25) is 0 Å². The molecule has 21 heavy (non-hydrogen) atoms. The third kappa shape index (κ3) is 2.33. The van der Waals surface area contributed by atoms with Crippen LogP contribution in [0, 0.1) is 0 Å². The molecule has 1 fully saturated rings. The van der Waals surface area contributed by atoms with Crippen LogP contribution in [0.1, 0.15) is 24.3 Å². The molecule has 0 amide bonds. The third-order valence-electron chi connectivity index (χ3n) is 4.70. The third-order valence-corrected chi connectivity index (χ3v) is 4.94. The van der Waals surface area contributed by atoms with E-state index >= 15 is 0 Å². The van der Waals surface area contributed by atoms with Crippen molar-refractivity contribution in [2.75, 3.05) is 18.4 Å². The van der Waals surface area contributed by atoms with Gasteiger partial charge in [-0.2, -0.15) is 0 Å². The van der Waals surface area contributed by atoms with Crippen molar-refractivity contribution in [1.82, 2.24) is 5.32 Å². The number of anilines is 1. The Morgan fingerprint density at radius 3 is 2.76 bits per heavy atom. The molecule has 0 aromatic heterocycles. The average molecular weight is 299 g/mol. The SMILES string of the molecule is Clc1cccc(-c2cccc3c2[C@H]2CCNCC[C@@H]2N3)c1. The standard InChI is InChI=1S/C18H19ClN2/c19-13-4-1-3-12(11-13)14-5-2-6-17-18(14)15-7-9-20-10-8-16(15)21-17/h1-6,11,15-16,20-21H,7-10H2/t15-,16-/m0/s1. The molecule has 0 aliphatic carbocycles. The second kappa shape index (κ2) is 5.36. The summed E-state index contributed by atoms with van der Waals surface area (Å²) < 4.78 is 0. The molecule has 3 heteroatoms. The molecule has 2 aromatic carbocycles. The normalized spacial score (nSPS) is 23.9. The first-order valence-electron chi connectivity index (χ1n) is 7.69. The molecule has 108 valence electrons. The molecule has 0 unspecified atom stereocenters. The molecule has 1 saturated heterocycles. The molecule has 2 heterocycles. The zero-order valence-corrected chi connectivity index (χ0v) is 12.7. The van der Waals surface area contributed by atoms with E-state index in [9.17, 15) is 0 Å². The van der Waals surface area contributed by atoms with Crippen LogP contribution >= 0.6 is 11.6 Å². The second-order valence-corrected chi connectivity index (χ2v) is 6.40. The molecule has 4 rings (SSSR count). The molecule has 2 N–H and O–H groups in total. The van der Waals surface area contributed by atoms with Gasteiger partial charge in [-0.05, 0) is 60.8 Å². The lowest BCUT2D eigenvalue weighted by atomic mass is 9.86. The van der Waals surface area contributed by atoms with E-state index < -0.39 is 0 Å². The van der Waals surface area contributed by atoms with E-state index in [0.717, 1.165) is 18.1 Å². The molecule has 0 saturated carbocycles. The van der Waals surface area contributed by atoms with E-state index in [2.05, 4.69) is 41.0 Å². The molecule has 2 nitrogen and oxygen atoms in total. The zero-order valence-electron chi connectivity index (χ0n) is 11.9. The lowest BCUT2D eigenvalue weighted by molar-refractivity contribution is 0.579. The molecule has 2 aliphatic heterocycles. The summed E-state index contributed by atoms with van der Waals surface area (Å²) in [6.07, 6.45) is 2.39. The van der Waals surface area contributed by atoms with Gasteiger partial charge < -0.3 is 10.6 Å². The summed E-state index contributed by atoms with van der Waals surface area (Å²) in [6, 6.07) is 15.3. The Labute approximate surface area is 130 Å². The van der Waals surface area contributed by atoms with Gasteiger partial charge in [-0.3, -0.25) is 0 Å². The zero-order chi connectivity index (χ0) is 14.2. The number of benzene rings is 2. The Hall–Kier alpha value is -1.51. The minimum Gasteiger partial charge on any atom is -0.381 e. The van der Waals surface area contributed by atoms with Crippen LogP contribution in [0.3, 0.4) is 0 Å². The number of hydrogen-bond acceptors (Lipinski definition) is 2. The fourth-order valence-electron chi connectivity index (χ4n) is 3.76. The van der Waals surface area contributed by atoms with E-state index in [1.807, 2.05) is 12.1 Å². The predicted octanol–water partition coefficient (Wildman–Crippen LogP) is 4.27. The highest BCUT2D eigenvalue weighted by atomic mass is 35.5. The number of rotatable bonds is 1. The van der Waals surface area contributed by atoms with Gasteiger partial charge in [-0.1, -0.05) is 35.9 Å². The highest BCUT2D eigenvalue weighted by Gasteiger charge is 2.34.